The molecule has 1 unspecified atom stereocenters. The Labute approximate surface area is 103 Å². The van der Waals surface area contributed by atoms with Gasteiger partial charge < -0.3 is 19.7 Å². The van der Waals surface area contributed by atoms with Crippen LogP contribution in [0.1, 0.15) is 6.42 Å². The van der Waals surface area contributed by atoms with Gasteiger partial charge in [-0.3, -0.25) is 0 Å². The van der Waals surface area contributed by atoms with Crippen molar-refractivity contribution in [2.75, 3.05) is 18.0 Å². The van der Waals surface area contributed by atoms with Crippen LogP contribution in [-0.4, -0.2) is 44.7 Å². The normalized spacial score (nSPS) is 19.3. The highest BCUT2D eigenvalue weighted by atomic mass is 16.4. The second kappa shape index (κ2) is 4.17. The van der Waals surface area contributed by atoms with Gasteiger partial charge in [0.2, 0.25) is 0 Å². The third-order valence-corrected chi connectivity index (χ3v) is 3.11. The third kappa shape index (κ3) is 1.83. The lowest BCUT2D eigenvalue weighted by Gasteiger charge is -2.17. The van der Waals surface area contributed by atoms with Crippen molar-refractivity contribution in [3.63, 3.8) is 0 Å². The molecule has 7 heteroatoms. The lowest BCUT2D eigenvalue weighted by atomic mass is 10.3. The fourth-order valence-corrected chi connectivity index (χ4v) is 2.31. The van der Waals surface area contributed by atoms with Crippen LogP contribution in [0.15, 0.2) is 24.8 Å². The summed E-state index contributed by atoms with van der Waals surface area (Å²) >= 11 is 0. The molecule has 1 fully saturated rings. The number of hydrogen-bond donors (Lipinski definition) is 2. The molecule has 3 heterocycles. The monoisotopic (exact) mass is 247 g/mol. The van der Waals surface area contributed by atoms with Crippen molar-refractivity contribution >= 4 is 17.6 Å². The average Bonchev–Trinajstić information content (AvgIpc) is 2.95. The van der Waals surface area contributed by atoms with Crippen molar-refractivity contribution in [3.8, 4) is 0 Å². The zero-order chi connectivity index (χ0) is 12.5. The topological polar surface area (TPSA) is 82.8 Å². The van der Waals surface area contributed by atoms with Crippen molar-refractivity contribution in [1.82, 2.24) is 19.7 Å². The summed E-state index contributed by atoms with van der Waals surface area (Å²) in [6, 6.07) is -0.0421. The van der Waals surface area contributed by atoms with E-state index < -0.39 is 6.09 Å². The van der Waals surface area contributed by atoms with Gasteiger partial charge >= 0.3 is 6.09 Å². The number of amides is 1. The summed E-state index contributed by atoms with van der Waals surface area (Å²) in [4.78, 5) is 21.3. The van der Waals surface area contributed by atoms with E-state index in [0.717, 1.165) is 24.4 Å². The molecule has 0 bridgehead atoms. The van der Waals surface area contributed by atoms with Gasteiger partial charge in [0.25, 0.3) is 0 Å². The zero-order valence-corrected chi connectivity index (χ0v) is 9.65. The molecule has 3 rings (SSSR count). The van der Waals surface area contributed by atoms with Gasteiger partial charge in [-0.05, 0) is 6.42 Å². The Bertz CT molecular complexity index is 582. The average molecular weight is 247 g/mol. The van der Waals surface area contributed by atoms with E-state index in [-0.39, 0.29) is 6.04 Å². The summed E-state index contributed by atoms with van der Waals surface area (Å²) in [6.45, 7) is 1.41. The maximum atomic E-state index is 10.6. The van der Waals surface area contributed by atoms with Crippen LogP contribution in [0.4, 0.5) is 10.6 Å². The van der Waals surface area contributed by atoms with E-state index in [1.54, 1.807) is 12.4 Å². The Morgan fingerprint density at radius 2 is 2.17 bits per heavy atom. The van der Waals surface area contributed by atoms with Crippen LogP contribution >= 0.6 is 0 Å². The van der Waals surface area contributed by atoms with Gasteiger partial charge in [0.1, 0.15) is 0 Å². The van der Waals surface area contributed by atoms with E-state index >= 15 is 0 Å². The van der Waals surface area contributed by atoms with Gasteiger partial charge in [-0.25, -0.2) is 14.8 Å². The first-order chi connectivity index (χ1) is 8.74. The summed E-state index contributed by atoms with van der Waals surface area (Å²) in [7, 11) is 0. The van der Waals surface area contributed by atoms with Crippen molar-refractivity contribution in [2.45, 2.75) is 12.5 Å². The van der Waals surface area contributed by atoms with E-state index in [1.165, 1.54) is 0 Å². The largest absolute Gasteiger partial charge is 0.465 e. The van der Waals surface area contributed by atoms with Crippen LogP contribution in [0.3, 0.4) is 0 Å². The van der Waals surface area contributed by atoms with Crippen molar-refractivity contribution in [2.24, 2.45) is 0 Å². The molecule has 0 radical (unpaired) electrons. The summed E-state index contributed by atoms with van der Waals surface area (Å²) in [5.41, 5.74) is 0.800. The minimum atomic E-state index is -0.978. The van der Waals surface area contributed by atoms with Crippen LogP contribution < -0.4 is 10.2 Å². The summed E-state index contributed by atoms with van der Waals surface area (Å²) < 4.78 is 1.90. The number of carboxylic acid groups (broad SMARTS) is 1. The first-order valence-electron chi connectivity index (χ1n) is 5.76. The molecule has 0 aliphatic carbocycles. The number of rotatable bonds is 2. The van der Waals surface area contributed by atoms with E-state index in [0.29, 0.717) is 6.54 Å². The van der Waals surface area contributed by atoms with Crippen LogP contribution in [-0.2, 0) is 0 Å². The van der Waals surface area contributed by atoms with E-state index in [4.69, 9.17) is 5.11 Å². The molecule has 2 aromatic rings. The number of anilines is 1. The Morgan fingerprint density at radius 3 is 2.94 bits per heavy atom. The van der Waals surface area contributed by atoms with Gasteiger partial charge in [-0.1, -0.05) is 0 Å². The number of fused-ring (bicyclic) bond motifs is 1. The highest BCUT2D eigenvalue weighted by molar-refractivity contribution is 5.67. The number of nitrogens with one attached hydrogen (secondary N) is 1. The molecule has 0 aromatic carbocycles. The van der Waals surface area contributed by atoms with Crippen LogP contribution in [0.25, 0.3) is 5.65 Å². The minimum absolute atomic E-state index is 0.0421. The number of carbonyl (C=O) groups is 1. The van der Waals surface area contributed by atoms with Crippen LogP contribution in [0.5, 0.6) is 0 Å². The fraction of sp³-hybridized carbons (Fsp3) is 0.364. The third-order valence-electron chi connectivity index (χ3n) is 3.11. The predicted octanol–water partition coefficient (Wildman–Crippen LogP) is 0.576. The minimum Gasteiger partial charge on any atom is -0.465 e. The number of aromatic nitrogens is 3. The SMILES string of the molecule is O=C(O)NC1CCN(c2nccn3ccnc23)C1. The predicted molar refractivity (Wildman–Crippen MR) is 64.8 cm³/mol. The van der Waals surface area contributed by atoms with E-state index in [2.05, 4.69) is 20.2 Å². The van der Waals surface area contributed by atoms with Gasteiger partial charge in [-0.2, -0.15) is 0 Å². The molecule has 94 valence electrons. The van der Waals surface area contributed by atoms with Crippen molar-refractivity contribution in [1.29, 1.82) is 0 Å². The molecule has 0 spiro atoms. The number of nitrogens with zero attached hydrogens (tertiary/aromatic N) is 4. The Balaban J connectivity index is 1.84. The summed E-state index contributed by atoms with van der Waals surface area (Å²) in [5, 5.41) is 11.2. The first-order valence-corrected chi connectivity index (χ1v) is 5.76. The maximum absolute atomic E-state index is 10.6. The van der Waals surface area contributed by atoms with Gasteiger partial charge in [-0.15, -0.1) is 0 Å². The smallest absolute Gasteiger partial charge is 0.404 e. The standard InChI is InChI=1S/C11H13N5O2/c17-11(18)14-8-1-4-16(7-8)10-9-12-2-5-15(9)6-3-13-10/h2-3,5-6,8,14H,1,4,7H2,(H,17,18). The van der Waals surface area contributed by atoms with Crippen molar-refractivity contribution in [3.05, 3.63) is 24.8 Å². The lowest BCUT2D eigenvalue weighted by Crippen LogP contribution is -2.36. The molecule has 7 nitrogen and oxygen atoms in total. The Hall–Kier alpha value is -2.31. The molecule has 1 aliphatic rings. The molecule has 1 saturated heterocycles. The first kappa shape index (κ1) is 10.8. The lowest BCUT2D eigenvalue weighted by molar-refractivity contribution is 0.191. The van der Waals surface area contributed by atoms with Gasteiger partial charge in [0.15, 0.2) is 11.5 Å². The van der Waals surface area contributed by atoms with E-state index in [9.17, 15) is 4.79 Å². The Kier molecular flexibility index (Phi) is 2.51. The molecule has 2 N–H and O–H groups in total. The van der Waals surface area contributed by atoms with Gasteiger partial charge in [0, 0.05) is 37.9 Å². The van der Waals surface area contributed by atoms with Gasteiger partial charge in [0.05, 0.1) is 6.04 Å². The molecular weight excluding hydrogens is 234 g/mol. The Morgan fingerprint density at radius 1 is 1.39 bits per heavy atom. The zero-order valence-electron chi connectivity index (χ0n) is 9.65. The molecule has 1 atom stereocenters. The molecule has 2 aromatic heterocycles. The van der Waals surface area contributed by atoms with E-state index in [1.807, 2.05) is 16.8 Å². The molecule has 18 heavy (non-hydrogen) atoms. The second-order valence-corrected chi connectivity index (χ2v) is 4.29. The van der Waals surface area contributed by atoms with Crippen LogP contribution in [0.2, 0.25) is 0 Å². The van der Waals surface area contributed by atoms with Crippen LogP contribution in [0, 0.1) is 0 Å². The van der Waals surface area contributed by atoms with Crippen molar-refractivity contribution < 1.29 is 9.90 Å². The quantitative estimate of drug-likeness (QED) is 0.811. The highest BCUT2D eigenvalue weighted by Gasteiger charge is 2.26. The summed E-state index contributed by atoms with van der Waals surface area (Å²) in [6.07, 6.45) is 6.97. The second-order valence-electron chi connectivity index (χ2n) is 4.29. The number of imidazole rings is 1. The molecule has 1 amide bonds. The fourth-order valence-electron chi connectivity index (χ4n) is 2.31. The maximum Gasteiger partial charge on any atom is 0.404 e. The highest BCUT2D eigenvalue weighted by Crippen LogP contribution is 2.21. The number of hydrogen-bond acceptors (Lipinski definition) is 4. The molecule has 0 saturated carbocycles. The molecule has 1 aliphatic heterocycles. The summed E-state index contributed by atoms with van der Waals surface area (Å²) in [5.74, 6) is 0.803. The molecular formula is C11H13N5O2.